The van der Waals surface area contributed by atoms with E-state index in [9.17, 15) is 9.59 Å². The van der Waals surface area contributed by atoms with Crippen LogP contribution in [-0.2, 0) is 11.3 Å². The first kappa shape index (κ1) is 35.4. The molecule has 5 N–H and O–H groups in total. The van der Waals surface area contributed by atoms with Crippen LogP contribution in [-0.4, -0.2) is 107 Å². The number of hydrogen-bond acceptors (Lipinski definition) is 12. The number of carbonyl (C=O) groups is 2. The Labute approximate surface area is 291 Å². The lowest BCUT2D eigenvalue weighted by Gasteiger charge is -2.32. The highest BCUT2D eigenvalue weighted by Gasteiger charge is 2.18. The number of hydrazine groups is 1. The van der Waals surface area contributed by atoms with Gasteiger partial charge in [0.25, 0.3) is 11.8 Å². The van der Waals surface area contributed by atoms with Crippen LogP contribution in [0.25, 0.3) is 11.3 Å². The van der Waals surface area contributed by atoms with Gasteiger partial charge in [-0.05, 0) is 67.6 Å². The number of nitrogens with two attached hydrogens (primary N) is 1. The molecule has 0 bridgehead atoms. The number of amidine groups is 1. The van der Waals surface area contributed by atoms with Gasteiger partial charge in [-0.25, -0.2) is 30.5 Å². The number of aliphatic imine (C=N–C) groups is 2. The third kappa shape index (κ3) is 10.1. The summed E-state index contributed by atoms with van der Waals surface area (Å²) in [6.07, 6.45) is 6.45. The predicted octanol–water partition coefficient (Wildman–Crippen LogP) is 2.92. The Balaban J connectivity index is 0.000000315. The van der Waals surface area contributed by atoms with Crippen molar-refractivity contribution in [3.63, 3.8) is 0 Å². The minimum Gasteiger partial charge on any atom is -0.364 e. The highest BCUT2D eigenvalue weighted by Crippen LogP contribution is 2.25. The Bertz CT molecular complexity index is 1870. The topological polar surface area (TPSA) is 182 Å². The lowest BCUT2D eigenvalue weighted by atomic mass is 10.1. The number of rotatable bonds is 10. The fourth-order valence-corrected chi connectivity index (χ4v) is 4.94. The number of aromatic nitrogens is 3. The molecule has 2 aromatic heterocycles. The molecule has 4 heterocycles. The molecule has 0 radical (unpaired) electrons. The number of amides is 2. The van der Waals surface area contributed by atoms with Crippen LogP contribution < -0.4 is 21.9 Å². The van der Waals surface area contributed by atoms with E-state index in [4.69, 9.17) is 5.73 Å². The van der Waals surface area contributed by atoms with Crippen LogP contribution >= 0.6 is 0 Å². The van der Waals surface area contributed by atoms with Gasteiger partial charge in [-0.3, -0.25) is 19.5 Å². The van der Waals surface area contributed by atoms with Crippen LogP contribution in [0.5, 0.6) is 0 Å². The Morgan fingerprint density at radius 1 is 1.00 bits per heavy atom. The van der Waals surface area contributed by atoms with Crippen molar-refractivity contribution in [2.45, 2.75) is 13.5 Å². The number of benzene rings is 2. The van der Waals surface area contributed by atoms with Crippen LogP contribution in [0.2, 0.25) is 0 Å². The zero-order valence-corrected chi connectivity index (χ0v) is 28.5. The molecule has 2 aromatic carbocycles. The maximum atomic E-state index is 12.9. The highest BCUT2D eigenvalue weighted by atomic mass is 16.2. The second kappa shape index (κ2) is 17.0. The molecule has 2 amide bonds. The number of pyridine rings is 1. The molecule has 0 atom stereocenters. The van der Waals surface area contributed by atoms with E-state index in [1.54, 1.807) is 37.7 Å². The van der Waals surface area contributed by atoms with Gasteiger partial charge in [-0.1, -0.05) is 18.2 Å². The smallest absolute Gasteiger partial charge is 0.271 e. The lowest BCUT2D eigenvalue weighted by Crippen LogP contribution is -2.43. The van der Waals surface area contributed by atoms with Crippen LogP contribution in [0.15, 0.2) is 94.3 Å². The molecule has 50 heavy (non-hydrogen) atoms. The Kier molecular flexibility index (Phi) is 12.0. The molecule has 0 spiro atoms. The van der Waals surface area contributed by atoms with Gasteiger partial charge >= 0.3 is 0 Å². The van der Waals surface area contributed by atoms with Crippen molar-refractivity contribution in [3.05, 3.63) is 95.9 Å². The Morgan fingerprint density at radius 3 is 2.48 bits per heavy atom. The van der Waals surface area contributed by atoms with Crippen LogP contribution in [0.1, 0.15) is 21.5 Å². The van der Waals surface area contributed by atoms with Gasteiger partial charge in [-0.2, -0.15) is 0 Å². The summed E-state index contributed by atoms with van der Waals surface area (Å²) in [4.78, 5) is 49.0. The van der Waals surface area contributed by atoms with Crippen molar-refractivity contribution in [3.8, 4) is 11.3 Å². The van der Waals surface area contributed by atoms with Crippen molar-refractivity contribution in [1.29, 1.82) is 0 Å². The molecule has 1 fully saturated rings. The number of likely N-dealkylation sites (N-methyl/N-ethyl adjacent to an activating group) is 1. The predicted molar refractivity (Wildman–Crippen MR) is 196 cm³/mol. The third-order valence-corrected chi connectivity index (χ3v) is 7.74. The van der Waals surface area contributed by atoms with Crippen molar-refractivity contribution < 1.29 is 9.59 Å². The molecule has 0 saturated carbocycles. The third-order valence-electron chi connectivity index (χ3n) is 7.74. The zero-order chi connectivity index (χ0) is 35.5. The molecular weight excluding hydrogens is 634 g/mol. The van der Waals surface area contributed by atoms with Crippen LogP contribution in [0, 0.1) is 6.92 Å². The first-order chi connectivity index (χ1) is 24.1. The highest BCUT2D eigenvalue weighted by molar-refractivity contribution is 6.68. The summed E-state index contributed by atoms with van der Waals surface area (Å²) < 4.78 is 0. The number of carbonyl (C=O) groups excluding carboxylic acids is 2. The van der Waals surface area contributed by atoms with Gasteiger partial charge in [0.05, 0.1) is 5.69 Å². The summed E-state index contributed by atoms with van der Waals surface area (Å²) in [5, 5.41) is 11.7. The molecular formula is C35H41N13O2. The molecule has 0 aliphatic carbocycles. The van der Waals surface area contributed by atoms with Crippen molar-refractivity contribution in [2.75, 3.05) is 58.0 Å². The minimum absolute atomic E-state index is 0.0642. The van der Waals surface area contributed by atoms with Crippen LogP contribution in [0.4, 0.5) is 17.3 Å². The molecule has 6 rings (SSSR count). The summed E-state index contributed by atoms with van der Waals surface area (Å²) in [5.74, 6) is -0.113. The first-order valence-corrected chi connectivity index (χ1v) is 16.0. The molecule has 4 aromatic rings. The van der Waals surface area contributed by atoms with E-state index in [0.29, 0.717) is 17.2 Å². The normalized spacial score (nSPS) is 15.3. The van der Waals surface area contributed by atoms with Gasteiger partial charge in [0, 0.05) is 87.9 Å². The Morgan fingerprint density at radius 2 is 1.78 bits per heavy atom. The number of primary amides is 1. The van der Waals surface area contributed by atoms with Crippen molar-refractivity contribution in [2.24, 2.45) is 20.8 Å². The molecule has 1 saturated heterocycles. The summed E-state index contributed by atoms with van der Waals surface area (Å²) in [5.41, 5.74) is 13.8. The first-order valence-electron chi connectivity index (χ1n) is 16.0. The van der Waals surface area contributed by atoms with E-state index in [1.165, 1.54) is 11.9 Å². The van der Waals surface area contributed by atoms with E-state index in [0.717, 1.165) is 55.2 Å². The lowest BCUT2D eigenvalue weighted by molar-refractivity contribution is -0.111. The van der Waals surface area contributed by atoms with Gasteiger partial charge in [-0.15, -0.1) is 5.10 Å². The average Bonchev–Trinajstić information content (AvgIpc) is 3.60. The maximum Gasteiger partial charge on any atom is 0.271 e. The quantitative estimate of drug-likeness (QED) is 0.183. The molecule has 15 heteroatoms. The largest absolute Gasteiger partial charge is 0.364 e. The number of piperazine rings is 1. The van der Waals surface area contributed by atoms with E-state index in [2.05, 4.69) is 63.1 Å². The summed E-state index contributed by atoms with van der Waals surface area (Å²) in [6.45, 7) is 7.24. The summed E-state index contributed by atoms with van der Waals surface area (Å²) in [6, 6.07) is 19.3. The van der Waals surface area contributed by atoms with Gasteiger partial charge < -0.3 is 21.3 Å². The number of nitrogens with zero attached hydrogens (tertiary/aromatic N) is 9. The number of hydrogen-bond donors (Lipinski definition) is 4. The second-order valence-electron chi connectivity index (χ2n) is 11.9. The van der Waals surface area contributed by atoms with Crippen molar-refractivity contribution in [1.82, 2.24) is 35.3 Å². The fourth-order valence-electron chi connectivity index (χ4n) is 4.94. The minimum atomic E-state index is -0.642. The van der Waals surface area contributed by atoms with E-state index in [-0.39, 0.29) is 17.5 Å². The Hall–Kier alpha value is -5.90. The zero-order valence-electron chi connectivity index (χ0n) is 28.5. The van der Waals surface area contributed by atoms with E-state index in [1.807, 2.05) is 67.6 Å². The van der Waals surface area contributed by atoms with E-state index >= 15 is 0 Å². The number of nitrogens with one attached hydrogen (secondary N) is 3. The van der Waals surface area contributed by atoms with Gasteiger partial charge in [0.1, 0.15) is 6.34 Å². The monoisotopic (exact) mass is 675 g/mol. The standard InChI is InChI=1S/C29H31N7O.C6H10N6O/c1-21-5-10-25(18-27(21)34-29-31-13-11-26(33-29)24-4-3-12-30-19-24)32-28(37)23-8-6-22(7-9-23)20-36-16-14-35(2)15-17-36;1-12(2)11-10-6-4(5(7)13)8-3-9-6/h3-13,18-19H,14-17,20H2,1-2H3,(H,32,37)(H,31,33,34);3,11H,1-2H3,(H2,7,13)/b;10-6-. The average molecular weight is 676 g/mol. The molecule has 0 unspecified atom stereocenters. The fraction of sp³-hybridized carbons (Fsp3) is 0.257. The maximum absolute atomic E-state index is 12.9. The molecule has 15 nitrogen and oxygen atoms in total. The molecule has 2 aliphatic rings. The number of aryl methyl sites for hydroxylation is 1. The SMILES string of the molecule is CN(C)N/N=C1\N=CN=C1C(N)=O.Cc1ccc(NC(=O)c2ccc(CN3CCN(C)CC3)cc2)cc1Nc1nccc(-c2cccnc2)n1. The number of anilines is 3. The summed E-state index contributed by atoms with van der Waals surface area (Å²) in [7, 11) is 5.67. The number of hydrazone groups is 1. The molecule has 258 valence electrons. The van der Waals surface area contributed by atoms with Gasteiger partial charge in [0.2, 0.25) is 11.8 Å². The molecule has 2 aliphatic heterocycles. The van der Waals surface area contributed by atoms with Gasteiger partial charge in [0.15, 0.2) is 5.71 Å². The summed E-state index contributed by atoms with van der Waals surface area (Å²) >= 11 is 0. The van der Waals surface area contributed by atoms with Crippen molar-refractivity contribution >= 4 is 47.0 Å². The van der Waals surface area contributed by atoms with Crippen LogP contribution in [0.3, 0.4) is 0 Å². The second-order valence-corrected chi connectivity index (χ2v) is 11.9. The van der Waals surface area contributed by atoms with E-state index < -0.39 is 5.91 Å².